The number of fused-ring (bicyclic) bond motifs is 2. The van der Waals surface area contributed by atoms with Crippen molar-refractivity contribution in [3.05, 3.63) is 35.2 Å². The second kappa shape index (κ2) is 9.28. The van der Waals surface area contributed by atoms with E-state index in [0.29, 0.717) is 18.6 Å². The summed E-state index contributed by atoms with van der Waals surface area (Å²) in [5.74, 6) is 2.07. The minimum Gasteiger partial charge on any atom is -0.353 e. The maximum atomic E-state index is 4.77. The molecule has 0 saturated carbocycles. The van der Waals surface area contributed by atoms with Gasteiger partial charge in [-0.15, -0.1) is 24.0 Å². The Hall–Kier alpha value is -1.58. The summed E-state index contributed by atoms with van der Waals surface area (Å²) in [5, 5.41) is 11.8. The molecule has 2 aromatic heterocycles. The Bertz CT molecular complexity index is 797. The second-order valence-corrected chi connectivity index (χ2v) is 7.98. The Kier molecular flexibility index (Phi) is 7.00. The average molecular weight is 497 g/mol. The first-order chi connectivity index (χ1) is 13.1. The summed E-state index contributed by atoms with van der Waals surface area (Å²) in [7, 11) is 1.83. The Balaban J connectivity index is 0.00000225. The zero-order chi connectivity index (χ0) is 18.8. The number of hydrogen-bond donors (Lipinski definition) is 2. The Labute approximate surface area is 184 Å². The number of rotatable bonds is 4. The predicted molar refractivity (Wildman–Crippen MR) is 122 cm³/mol. The first kappa shape index (κ1) is 21.1. The third kappa shape index (κ3) is 4.69. The van der Waals surface area contributed by atoms with Gasteiger partial charge in [-0.05, 0) is 45.1 Å². The zero-order valence-corrected chi connectivity index (χ0v) is 19.4. The van der Waals surface area contributed by atoms with Gasteiger partial charge in [0.25, 0.3) is 0 Å². The van der Waals surface area contributed by atoms with E-state index in [1.807, 2.05) is 7.05 Å². The van der Waals surface area contributed by atoms with Crippen molar-refractivity contribution in [3.63, 3.8) is 0 Å². The molecule has 1 aliphatic carbocycles. The van der Waals surface area contributed by atoms with Crippen LogP contribution in [0.5, 0.6) is 0 Å². The van der Waals surface area contributed by atoms with Gasteiger partial charge in [0.05, 0.1) is 17.9 Å². The van der Waals surface area contributed by atoms with E-state index in [9.17, 15) is 0 Å². The fourth-order valence-corrected chi connectivity index (χ4v) is 4.02. The van der Waals surface area contributed by atoms with Gasteiger partial charge in [-0.2, -0.15) is 5.10 Å². The lowest BCUT2D eigenvalue weighted by Gasteiger charge is -2.24. The highest BCUT2D eigenvalue weighted by Gasteiger charge is 2.23. The number of aryl methyl sites for hydroxylation is 3. The number of halogens is 1. The summed E-state index contributed by atoms with van der Waals surface area (Å²) < 4.78 is 4.38. The smallest absolute Gasteiger partial charge is 0.191 e. The molecule has 1 atom stereocenters. The van der Waals surface area contributed by atoms with Crippen LogP contribution in [-0.4, -0.2) is 38.4 Å². The molecule has 2 aliphatic rings. The Morgan fingerprint density at radius 1 is 1.29 bits per heavy atom. The monoisotopic (exact) mass is 497 g/mol. The number of aliphatic imine (C=N–C) groups is 1. The molecule has 1 unspecified atom stereocenters. The van der Waals surface area contributed by atoms with Gasteiger partial charge in [-0.1, -0.05) is 0 Å². The molecule has 0 bridgehead atoms. The number of aromatic nitrogens is 4. The van der Waals surface area contributed by atoms with Crippen LogP contribution in [0.25, 0.3) is 0 Å². The van der Waals surface area contributed by atoms with Crippen LogP contribution in [0, 0.1) is 0 Å². The Morgan fingerprint density at radius 2 is 2.14 bits per heavy atom. The van der Waals surface area contributed by atoms with Crippen molar-refractivity contribution in [1.29, 1.82) is 0 Å². The molecule has 0 radical (unpaired) electrons. The molecule has 8 heteroatoms. The van der Waals surface area contributed by atoms with E-state index in [1.165, 1.54) is 29.9 Å². The van der Waals surface area contributed by atoms with Gasteiger partial charge in [0.1, 0.15) is 5.82 Å². The lowest BCUT2D eigenvalue weighted by atomic mass is 9.94. The lowest BCUT2D eigenvalue weighted by molar-refractivity contribution is 0.499. The van der Waals surface area contributed by atoms with Gasteiger partial charge in [-0.3, -0.25) is 9.67 Å². The van der Waals surface area contributed by atoms with Crippen molar-refractivity contribution in [2.45, 2.75) is 77.5 Å². The van der Waals surface area contributed by atoms with Gasteiger partial charge < -0.3 is 15.2 Å². The van der Waals surface area contributed by atoms with Crippen molar-refractivity contribution in [2.75, 3.05) is 7.05 Å². The first-order valence-electron chi connectivity index (χ1n) is 10.2. The summed E-state index contributed by atoms with van der Waals surface area (Å²) in [6.45, 7) is 6.16. The highest BCUT2D eigenvalue weighted by molar-refractivity contribution is 14.0. The number of guanidine groups is 1. The molecule has 0 amide bonds. The summed E-state index contributed by atoms with van der Waals surface area (Å²) in [6, 6.07) is 0.784. The molecule has 4 rings (SSSR count). The molecule has 28 heavy (non-hydrogen) atoms. The molecule has 1 aliphatic heterocycles. The minimum atomic E-state index is 0. The van der Waals surface area contributed by atoms with Crippen LogP contribution in [0.3, 0.4) is 0 Å². The van der Waals surface area contributed by atoms with E-state index >= 15 is 0 Å². The molecule has 154 valence electrons. The van der Waals surface area contributed by atoms with Gasteiger partial charge in [-0.25, -0.2) is 4.98 Å². The van der Waals surface area contributed by atoms with Crippen LogP contribution in [-0.2, 0) is 32.4 Å². The largest absolute Gasteiger partial charge is 0.353 e. The molecule has 2 N–H and O–H groups in total. The van der Waals surface area contributed by atoms with Crippen molar-refractivity contribution < 1.29 is 0 Å². The molecule has 7 nitrogen and oxygen atoms in total. The third-order valence-electron chi connectivity index (χ3n) is 5.59. The topological polar surface area (TPSA) is 72.1 Å². The zero-order valence-electron chi connectivity index (χ0n) is 17.1. The summed E-state index contributed by atoms with van der Waals surface area (Å²) in [6.07, 6.45) is 11.1. The van der Waals surface area contributed by atoms with E-state index < -0.39 is 0 Å². The maximum Gasteiger partial charge on any atom is 0.191 e. The summed E-state index contributed by atoms with van der Waals surface area (Å²) >= 11 is 0. The van der Waals surface area contributed by atoms with E-state index in [4.69, 9.17) is 10.1 Å². The molecular formula is C20H32IN7. The van der Waals surface area contributed by atoms with Crippen molar-refractivity contribution in [2.24, 2.45) is 4.99 Å². The molecule has 3 heterocycles. The van der Waals surface area contributed by atoms with Gasteiger partial charge in [0.15, 0.2) is 5.96 Å². The van der Waals surface area contributed by atoms with Gasteiger partial charge >= 0.3 is 0 Å². The van der Waals surface area contributed by atoms with Crippen LogP contribution in [0.2, 0.25) is 0 Å². The van der Waals surface area contributed by atoms with Crippen molar-refractivity contribution in [3.8, 4) is 0 Å². The Morgan fingerprint density at radius 3 is 2.89 bits per heavy atom. The van der Waals surface area contributed by atoms with Crippen molar-refractivity contribution >= 4 is 29.9 Å². The molecule has 0 saturated heterocycles. The third-order valence-corrected chi connectivity index (χ3v) is 5.59. The average Bonchev–Trinajstić information content (AvgIpc) is 3.28. The van der Waals surface area contributed by atoms with Gasteiger partial charge in [0.2, 0.25) is 0 Å². The molecule has 0 spiro atoms. The predicted octanol–water partition coefficient (Wildman–Crippen LogP) is 2.84. The number of nitrogens with one attached hydrogen (secondary N) is 2. The van der Waals surface area contributed by atoms with Crippen LogP contribution in [0.1, 0.15) is 61.9 Å². The molecular weight excluding hydrogens is 465 g/mol. The number of imidazole rings is 1. The van der Waals surface area contributed by atoms with E-state index in [1.54, 1.807) is 0 Å². The highest BCUT2D eigenvalue weighted by Crippen LogP contribution is 2.21. The minimum absolute atomic E-state index is 0. The number of hydrogen-bond acceptors (Lipinski definition) is 3. The molecule has 0 fully saturated rings. The van der Waals surface area contributed by atoms with Crippen LogP contribution in [0.15, 0.2) is 17.4 Å². The first-order valence-corrected chi connectivity index (χ1v) is 10.2. The van der Waals surface area contributed by atoms with E-state index in [0.717, 1.165) is 43.9 Å². The molecule has 0 aromatic carbocycles. The normalized spacial score (nSPS) is 19.0. The quantitative estimate of drug-likeness (QED) is 0.387. The summed E-state index contributed by atoms with van der Waals surface area (Å²) in [4.78, 5) is 9.16. The second-order valence-electron chi connectivity index (χ2n) is 7.98. The van der Waals surface area contributed by atoms with Crippen LogP contribution >= 0.6 is 24.0 Å². The molecule has 2 aromatic rings. The van der Waals surface area contributed by atoms with Crippen LogP contribution in [0.4, 0.5) is 0 Å². The van der Waals surface area contributed by atoms with Crippen LogP contribution < -0.4 is 10.6 Å². The van der Waals surface area contributed by atoms with Gasteiger partial charge in [0, 0.05) is 50.9 Å². The highest BCUT2D eigenvalue weighted by atomic mass is 127. The maximum absolute atomic E-state index is 4.77. The van der Waals surface area contributed by atoms with E-state index in [2.05, 4.69) is 51.1 Å². The fraction of sp³-hybridized carbons (Fsp3) is 0.650. The van der Waals surface area contributed by atoms with Crippen molar-refractivity contribution in [1.82, 2.24) is 30.0 Å². The van der Waals surface area contributed by atoms with E-state index in [-0.39, 0.29) is 24.0 Å². The SMILES string of the molecule is CN=C(NCc1cn2c(n1)CCCC2)NC1CCc2cn(C(C)C)nc2C1.I. The fourth-order valence-electron chi connectivity index (χ4n) is 4.02. The lowest BCUT2D eigenvalue weighted by Crippen LogP contribution is -2.45. The number of nitrogens with zero attached hydrogens (tertiary/aromatic N) is 5. The standard InChI is InChI=1S/C20H31N7.HI/c1-14(2)27-12-15-7-8-16(10-18(15)25-27)24-20(21-3)22-11-17-13-26-9-5-4-6-19(26)23-17;/h12-14,16H,4-11H2,1-3H3,(H2,21,22,24);1H. The summed E-state index contributed by atoms with van der Waals surface area (Å²) in [5.41, 5.74) is 3.72.